The average molecular weight is 450 g/mol. The van der Waals surface area contributed by atoms with E-state index in [1.54, 1.807) is 17.3 Å². The third-order valence-corrected chi connectivity index (χ3v) is 7.10. The van der Waals surface area contributed by atoms with E-state index in [0.717, 1.165) is 23.2 Å². The van der Waals surface area contributed by atoms with E-state index < -0.39 is 6.04 Å². The van der Waals surface area contributed by atoms with Crippen LogP contribution in [0.2, 0.25) is 0 Å². The van der Waals surface area contributed by atoms with Crippen molar-refractivity contribution in [2.45, 2.75) is 51.4 Å². The monoisotopic (exact) mass is 449 g/mol. The smallest absolute Gasteiger partial charge is 0.259 e. The van der Waals surface area contributed by atoms with Gasteiger partial charge >= 0.3 is 0 Å². The quantitative estimate of drug-likeness (QED) is 0.694. The summed E-state index contributed by atoms with van der Waals surface area (Å²) < 4.78 is 0. The molecule has 8 heteroatoms. The summed E-state index contributed by atoms with van der Waals surface area (Å²) in [6.07, 6.45) is 4.90. The Hall–Kier alpha value is -3.00. The fraction of sp³-hybridized carbons (Fsp3) is 0.375. The van der Waals surface area contributed by atoms with Crippen LogP contribution in [0.5, 0.6) is 0 Å². The first-order valence-electron chi connectivity index (χ1n) is 11.0. The van der Waals surface area contributed by atoms with Crippen LogP contribution < -0.4 is 5.32 Å². The molecule has 1 aromatic carbocycles. The van der Waals surface area contributed by atoms with Crippen LogP contribution in [-0.2, 0) is 16.1 Å². The van der Waals surface area contributed by atoms with Crippen molar-refractivity contribution in [1.29, 1.82) is 0 Å². The van der Waals surface area contributed by atoms with E-state index in [2.05, 4.69) is 17.2 Å². The molecule has 0 radical (unpaired) electrons. The third-order valence-electron chi connectivity index (χ3n) is 5.78. The number of para-hydroxylation sites is 1. The molecule has 4 rings (SSSR count). The van der Waals surface area contributed by atoms with Crippen molar-refractivity contribution in [3.63, 3.8) is 0 Å². The van der Waals surface area contributed by atoms with Crippen molar-refractivity contribution in [3.8, 4) is 0 Å². The zero-order valence-corrected chi connectivity index (χ0v) is 19.3. The number of carbonyl (C=O) groups excluding carboxylic acids is 2. The second-order valence-corrected chi connectivity index (χ2v) is 9.13. The molecule has 2 aliphatic rings. The summed E-state index contributed by atoms with van der Waals surface area (Å²) in [5.41, 5.74) is 2.56. The van der Waals surface area contributed by atoms with Gasteiger partial charge < -0.3 is 5.32 Å². The summed E-state index contributed by atoms with van der Waals surface area (Å²) in [7, 11) is 0. The van der Waals surface area contributed by atoms with Gasteiger partial charge in [-0.15, -0.1) is 0 Å². The Balaban J connectivity index is 1.58. The van der Waals surface area contributed by atoms with Gasteiger partial charge in [0.05, 0.1) is 10.9 Å². The largest absolute Gasteiger partial charge is 0.351 e. The number of nitrogens with zero attached hydrogens (tertiary/aromatic N) is 4. The van der Waals surface area contributed by atoms with Crippen LogP contribution in [0, 0.1) is 5.92 Å². The lowest BCUT2D eigenvalue weighted by molar-refractivity contribution is -0.125. The topological polar surface area (TPSA) is 87.0 Å². The molecule has 0 fully saturated rings. The predicted octanol–water partition coefficient (Wildman–Crippen LogP) is 3.91. The Morgan fingerprint density at radius 2 is 2.00 bits per heavy atom. The van der Waals surface area contributed by atoms with Gasteiger partial charge in [-0.05, 0) is 36.1 Å². The van der Waals surface area contributed by atoms with Crippen molar-refractivity contribution in [1.82, 2.24) is 15.2 Å². The lowest BCUT2D eigenvalue weighted by Crippen LogP contribution is -2.44. The SMILES string of the molecule is CC[C@H](SC1=Nc2ccccc2C2=N[C@H]([C@@H](C)CC)C(=O)N12)C(=O)NCc1cccnc1. The molecule has 166 valence electrons. The predicted molar refractivity (Wildman–Crippen MR) is 128 cm³/mol. The fourth-order valence-corrected chi connectivity index (χ4v) is 4.74. The van der Waals surface area contributed by atoms with E-state index in [9.17, 15) is 9.59 Å². The van der Waals surface area contributed by atoms with Gasteiger partial charge in [-0.25, -0.2) is 9.89 Å². The molecule has 3 atom stereocenters. The van der Waals surface area contributed by atoms with Crippen molar-refractivity contribution in [3.05, 3.63) is 59.9 Å². The van der Waals surface area contributed by atoms with Crippen molar-refractivity contribution < 1.29 is 9.59 Å². The zero-order valence-electron chi connectivity index (χ0n) is 18.5. The highest BCUT2D eigenvalue weighted by Gasteiger charge is 2.43. The maximum atomic E-state index is 13.3. The van der Waals surface area contributed by atoms with E-state index in [1.807, 2.05) is 50.2 Å². The molecule has 1 N–H and O–H groups in total. The number of aliphatic imine (C=N–C) groups is 2. The number of rotatable bonds is 7. The van der Waals surface area contributed by atoms with E-state index in [4.69, 9.17) is 9.98 Å². The highest BCUT2D eigenvalue weighted by atomic mass is 32.2. The second kappa shape index (κ2) is 9.65. The van der Waals surface area contributed by atoms with Gasteiger partial charge in [0.25, 0.3) is 5.91 Å². The highest BCUT2D eigenvalue weighted by molar-refractivity contribution is 8.15. The summed E-state index contributed by atoms with van der Waals surface area (Å²) in [5, 5.41) is 3.11. The maximum absolute atomic E-state index is 13.3. The first-order valence-corrected chi connectivity index (χ1v) is 11.8. The molecule has 1 aromatic heterocycles. The number of amidine groups is 2. The minimum atomic E-state index is -0.425. The van der Waals surface area contributed by atoms with Crippen LogP contribution >= 0.6 is 11.8 Å². The Morgan fingerprint density at radius 3 is 2.72 bits per heavy atom. The highest BCUT2D eigenvalue weighted by Crippen LogP contribution is 2.36. The van der Waals surface area contributed by atoms with Gasteiger partial charge in [0, 0.05) is 24.5 Å². The fourth-order valence-electron chi connectivity index (χ4n) is 3.70. The number of pyridine rings is 1. The number of nitrogens with one attached hydrogen (secondary N) is 1. The van der Waals surface area contributed by atoms with Crippen LogP contribution in [0.4, 0.5) is 5.69 Å². The van der Waals surface area contributed by atoms with Crippen molar-refractivity contribution in [2.24, 2.45) is 15.9 Å². The van der Waals surface area contributed by atoms with Crippen LogP contribution in [0.25, 0.3) is 0 Å². The van der Waals surface area contributed by atoms with E-state index in [0.29, 0.717) is 24.0 Å². The van der Waals surface area contributed by atoms with Crippen LogP contribution in [0.3, 0.4) is 0 Å². The molecule has 0 saturated carbocycles. The van der Waals surface area contributed by atoms with Crippen molar-refractivity contribution in [2.75, 3.05) is 0 Å². The molecule has 2 aromatic rings. The Bertz CT molecular complexity index is 1070. The Kier molecular flexibility index (Phi) is 6.69. The van der Waals surface area contributed by atoms with Crippen LogP contribution in [0.15, 0.2) is 58.8 Å². The molecule has 0 saturated heterocycles. The molecular formula is C24H27N5O2S. The first-order chi connectivity index (χ1) is 15.5. The van der Waals surface area contributed by atoms with E-state index >= 15 is 0 Å². The van der Waals surface area contributed by atoms with Gasteiger partial charge in [0.1, 0.15) is 11.9 Å². The summed E-state index contributed by atoms with van der Waals surface area (Å²) >= 11 is 1.32. The van der Waals surface area contributed by atoms with Gasteiger partial charge in [0.2, 0.25) is 5.91 Å². The number of carbonyl (C=O) groups is 2. The summed E-state index contributed by atoms with van der Waals surface area (Å²) in [6.45, 7) is 6.47. The van der Waals surface area contributed by atoms with Gasteiger partial charge in [-0.3, -0.25) is 19.6 Å². The summed E-state index contributed by atoms with van der Waals surface area (Å²) in [5.74, 6) is 0.607. The number of benzene rings is 1. The van der Waals surface area contributed by atoms with Gasteiger partial charge in [-0.1, -0.05) is 57.2 Å². The van der Waals surface area contributed by atoms with Crippen molar-refractivity contribution >= 4 is 40.3 Å². The summed E-state index contributed by atoms with van der Waals surface area (Å²) in [6, 6.07) is 11.0. The second-order valence-electron chi connectivity index (χ2n) is 7.96. The lowest BCUT2D eigenvalue weighted by atomic mass is 10.00. The number of aromatic nitrogens is 1. The van der Waals surface area contributed by atoms with Crippen LogP contribution in [-0.4, -0.2) is 44.0 Å². The maximum Gasteiger partial charge on any atom is 0.259 e. The molecule has 2 aliphatic heterocycles. The standard InChI is InChI=1S/C24H27N5O2S/c1-4-15(3)20-23(31)29-21(28-20)17-10-6-7-11-18(17)27-24(29)32-19(5-2)22(30)26-14-16-9-8-12-25-13-16/h6-13,15,19-20H,4-5,14H2,1-3H3,(H,26,30)/t15-,19-,20+/m0/s1. The molecule has 0 aliphatic carbocycles. The average Bonchev–Trinajstić information content (AvgIpc) is 3.18. The Labute approximate surface area is 192 Å². The number of fused-ring (bicyclic) bond motifs is 3. The van der Waals surface area contributed by atoms with E-state index in [1.165, 1.54) is 11.8 Å². The number of hydrogen-bond donors (Lipinski definition) is 1. The minimum Gasteiger partial charge on any atom is -0.351 e. The van der Waals surface area contributed by atoms with E-state index in [-0.39, 0.29) is 23.0 Å². The molecule has 2 amide bonds. The minimum absolute atomic E-state index is 0.0688. The Morgan fingerprint density at radius 1 is 1.19 bits per heavy atom. The molecule has 7 nitrogen and oxygen atoms in total. The molecular weight excluding hydrogens is 422 g/mol. The molecule has 0 unspecified atom stereocenters. The zero-order chi connectivity index (χ0) is 22.7. The molecule has 0 spiro atoms. The lowest BCUT2D eigenvalue weighted by Gasteiger charge is -2.27. The molecule has 0 bridgehead atoms. The molecule has 3 heterocycles. The number of thioether (sulfide) groups is 1. The number of amides is 2. The van der Waals surface area contributed by atoms with Gasteiger partial charge in [0.15, 0.2) is 5.17 Å². The normalized spacial score (nSPS) is 18.9. The third kappa shape index (κ3) is 4.32. The first kappa shape index (κ1) is 22.2. The number of hydrogen-bond acceptors (Lipinski definition) is 6. The van der Waals surface area contributed by atoms with Gasteiger partial charge in [-0.2, -0.15) is 0 Å². The molecule has 32 heavy (non-hydrogen) atoms. The van der Waals surface area contributed by atoms with Crippen LogP contribution in [0.1, 0.15) is 44.7 Å². The summed E-state index contributed by atoms with van der Waals surface area (Å²) in [4.78, 5) is 41.5.